The van der Waals surface area contributed by atoms with E-state index in [1.165, 1.54) is 0 Å². The molecule has 1 aliphatic rings. The van der Waals surface area contributed by atoms with Crippen molar-refractivity contribution in [2.75, 3.05) is 53.0 Å². The van der Waals surface area contributed by atoms with Crippen LogP contribution >= 0.6 is 0 Å². The fourth-order valence-electron chi connectivity index (χ4n) is 2.42. The first-order valence-electron chi connectivity index (χ1n) is 8.35. The van der Waals surface area contributed by atoms with Crippen LogP contribution in [0.3, 0.4) is 0 Å². The highest BCUT2D eigenvalue weighted by Crippen LogP contribution is 2.16. The lowest BCUT2D eigenvalue weighted by Crippen LogP contribution is -2.53. The van der Waals surface area contributed by atoms with Crippen LogP contribution in [0.15, 0.2) is 24.3 Å². The summed E-state index contributed by atoms with van der Waals surface area (Å²) in [6.45, 7) is 4.85. The van der Waals surface area contributed by atoms with E-state index in [-0.39, 0.29) is 12.1 Å². The average molecular weight is 351 g/mol. The molecule has 1 aliphatic heterocycles. The summed E-state index contributed by atoms with van der Waals surface area (Å²) in [7, 11) is 1.61. The van der Waals surface area contributed by atoms with Crippen LogP contribution in [0.4, 0.5) is 9.59 Å². The number of ether oxygens (including phenoxy) is 3. The molecule has 0 aromatic heterocycles. The molecule has 1 aromatic rings. The number of benzene rings is 1. The molecule has 0 atom stereocenters. The second-order valence-corrected chi connectivity index (χ2v) is 5.43. The lowest BCUT2D eigenvalue weighted by molar-refractivity contribution is 0.0851. The van der Waals surface area contributed by atoms with Crippen molar-refractivity contribution >= 4 is 12.1 Å². The third kappa shape index (κ3) is 5.74. The van der Waals surface area contributed by atoms with Gasteiger partial charge in [0.25, 0.3) is 0 Å². The number of hydrogen-bond acceptors (Lipinski definition) is 5. The van der Waals surface area contributed by atoms with Crippen molar-refractivity contribution in [3.63, 3.8) is 0 Å². The topological polar surface area (TPSA) is 80.3 Å². The molecule has 1 fully saturated rings. The van der Waals surface area contributed by atoms with E-state index in [9.17, 15) is 9.59 Å². The molecule has 25 heavy (non-hydrogen) atoms. The van der Waals surface area contributed by atoms with Crippen molar-refractivity contribution < 1.29 is 23.8 Å². The van der Waals surface area contributed by atoms with Crippen molar-refractivity contribution in [3.8, 4) is 11.5 Å². The Kier molecular flexibility index (Phi) is 7.18. The van der Waals surface area contributed by atoms with Gasteiger partial charge in [-0.05, 0) is 31.2 Å². The van der Waals surface area contributed by atoms with E-state index in [1.807, 2.05) is 24.3 Å². The minimum atomic E-state index is -0.324. The van der Waals surface area contributed by atoms with Gasteiger partial charge in [0, 0.05) is 26.2 Å². The molecule has 1 heterocycles. The lowest BCUT2D eigenvalue weighted by atomic mass is 10.3. The number of carbonyl (C=O) groups excluding carboxylic acids is 2. The molecule has 0 aliphatic carbocycles. The summed E-state index contributed by atoms with van der Waals surface area (Å²) >= 11 is 0. The van der Waals surface area contributed by atoms with E-state index >= 15 is 0 Å². The van der Waals surface area contributed by atoms with Crippen molar-refractivity contribution in [1.29, 1.82) is 0 Å². The molecule has 0 unspecified atom stereocenters. The van der Waals surface area contributed by atoms with Crippen LogP contribution in [-0.2, 0) is 4.74 Å². The number of methoxy groups -OCH3 is 1. The number of urea groups is 1. The lowest BCUT2D eigenvalue weighted by Gasteiger charge is -2.33. The SMILES string of the molecule is CCOC(=O)N1CCN(C(=O)NCCOc2ccc(OC)cc2)CC1. The van der Waals surface area contributed by atoms with Gasteiger partial charge in [0.05, 0.1) is 20.3 Å². The van der Waals surface area contributed by atoms with Crippen LogP contribution in [0.25, 0.3) is 0 Å². The summed E-state index contributed by atoms with van der Waals surface area (Å²) in [6, 6.07) is 7.11. The zero-order valence-electron chi connectivity index (χ0n) is 14.7. The van der Waals surface area contributed by atoms with Gasteiger partial charge in [0.15, 0.2) is 0 Å². The molecule has 1 saturated heterocycles. The maximum Gasteiger partial charge on any atom is 0.409 e. The number of nitrogens with one attached hydrogen (secondary N) is 1. The Bertz CT molecular complexity index is 556. The van der Waals surface area contributed by atoms with Gasteiger partial charge in [-0.3, -0.25) is 0 Å². The molecule has 0 saturated carbocycles. The third-order valence-corrected chi connectivity index (χ3v) is 3.80. The van der Waals surface area contributed by atoms with Crippen LogP contribution in [0.5, 0.6) is 11.5 Å². The standard InChI is InChI=1S/C17H25N3O5/c1-3-24-17(22)20-11-9-19(10-12-20)16(21)18-8-13-25-15-6-4-14(23-2)5-7-15/h4-7H,3,8-13H2,1-2H3,(H,18,21). The molecule has 8 nitrogen and oxygen atoms in total. The largest absolute Gasteiger partial charge is 0.497 e. The predicted molar refractivity (Wildman–Crippen MR) is 92.1 cm³/mol. The van der Waals surface area contributed by atoms with Crippen LogP contribution in [-0.4, -0.2) is 75.0 Å². The molecule has 138 valence electrons. The second-order valence-electron chi connectivity index (χ2n) is 5.43. The molecule has 8 heteroatoms. The average Bonchev–Trinajstić information content (AvgIpc) is 2.66. The number of nitrogens with zero attached hydrogens (tertiary/aromatic N) is 2. The molecule has 0 radical (unpaired) electrons. The van der Waals surface area contributed by atoms with Crippen molar-refractivity contribution in [3.05, 3.63) is 24.3 Å². The first-order chi connectivity index (χ1) is 12.1. The van der Waals surface area contributed by atoms with E-state index in [1.54, 1.807) is 23.8 Å². The van der Waals surface area contributed by atoms with Crippen molar-refractivity contribution in [1.82, 2.24) is 15.1 Å². The van der Waals surface area contributed by atoms with Gasteiger partial charge in [0.2, 0.25) is 0 Å². The van der Waals surface area contributed by atoms with Gasteiger partial charge in [-0.1, -0.05) is 0 Å². The Morgan fingerprint density at radius 3 is 2.24 bits per heavy atom. The Morgan fingerprint density at radius 1 is 1.04 bits per heavy atom. The molecular formula is C17H25N3O5. The van der Waals surface area contributed by atoms with E-state index in [0.717, 1.165) is 11.5 Å². The number of hydrogen-bond donors (Lipinski definition) is 1. The van der Waals surface area contributed by atoms with Crippen molar-refractivity contribution in [2.24, 2.45) is 0 Å². The highest BCUT2D eigenvalue weighted by atomic mass is 16.6. The molecule has 0 bridgehead atoms. The highest BCUT2D eigenvalue weighted by Gasteiger charge is 2.24. The molecule has 2 rings (SSSR count). The van der Waals surface area contributed by atoms with Gasteiger partial charge in [-0.15, -0.1) is 0 Å². The quantitative estimate of drug-likeness (QED) is 0.787. The smallest absolute Gasteiger partial charge is 0.409 e. The zero-order chi connectivity index (χ0) is 18.1. The number of piperazine rings is 1. The normalized spacial score (nSPS) is 14.0. The van der Waals surface area contributed by atoms with Gasteiger partial charge in [-0.25, -0.2) is 9.59 Å². The highest BCUT2D eigenvalue weighted by molar-refractivity contribution is 5.75. The number of carbonyl (C=O) groups is 2. The van der Waals surface area contributed by atoms with Crippen LogP contribution < -0.4 is 14.8 Å². The first kappa shape index (κ1) is 18.7. The van der Waals surface area contributed by atoms with E-state index in [2.05, 4.69) is 5.32 Å². The fourth-order valence-corrected chi connectivity index (χ4v) is 2.42. The zero-order valence-corrected chi connectivity index (χ0v) is 14.7. The summed E-state index contributed by atoms with van der Waals surface area (Å²) in [4.78, 5) is 27.0. The fraction of sp³-hybridized carbons (Fsp3) is 0.529. The Labute approximate surface area is 147 Å². The van der Waals surface area contributed by atoms with Gasteiger partial charge >= 0.3 is 12.1 Å². The first-order valence-corrected chi connectivity index (χ1v) is 8.35. The predicted octanol–water partition coefficient (Wildman–Crippen LogP) is 1.56. The molecular weight excluding hydrogens is 326 g/mol. The Hall–Kier alpha value is -2.64. The van der Waals surface area contributed by atoms with Gasteiger partial charge < -0.3 is 29.3 Å². The number of amides is 3. The second kappa shape index (κ2) is 9.61. The minimum Gasteiger partial charge on any atom is -0.497 e. The molecule has 3 amide bonds. The van der Waals surface area contributed by atoms with E-state index < -0.39 is 0 Å². The van der Waals surface area contributed by atoms with Crippen LogP contribution in [0.1, 0.15) is 6.92 Å². The minimum absolute atomic E-state index is 0.151. The number of rotatable bonds is 6. The van der Waals surface area contributed by atoms with Crippen LogP contribution in [0, 0.1) is 0 Å². The Morgan fingerprint density at radius 2 is 1.64 bits per heavy atom. The molecule has 1 aromatic carbocycles. The molecule has 0 spiro atoms. The van der Waals surface area contributed by atoms with Crippen molar-refractivity contribution in [2.45, 2.75) is 6.92 Å². The summed E-state index contributed by atoms with van der Waals surface area (Å²) < 4.78 is 15.6. The third-order valence-electron chi connectivity index (χ3n) is 3.80. The molecule has 1 N–H and O–H groups in total. The summed E-state index contributed by atoms with van der Waals surface area (Å²) in [5, 5.41) is 2.82. The maximum absolute atomic E-state index is 12.1. The summed E-state index contributed by atoms with van der Waals surface area (Å²) in [5.74, 6) is 1.49. The summed E-state index contributed by atoms with van der Waals surface area (Å²) in [5.41, 5.74) is 0. The van der Waals surface area contributed by atoms with Gasteiger partial charge in [-0.2, -0.15) is 0 Å². The van der Waals surface area contributed by atoms with E-state index in [0.29, 0.717) is 45.9 Å². The Balaban J connectivity index is 1.63. The summed E-state index contributed by atoms with van der Waals surface area (Å²) in [6.07, 6.45) is -0.324. The van der Waals surface area contributed by atoms with E-state index in [4.69, 9.17) is 14.2 Å². The maximum atomic E-state index is 12.1. The van der Waals surface area contributed by atoms with Gasteiger partial charge in [0.1, 0.15) is 18.1 Å². The van der Waals surface area contributed by atoms with Crippen LogP contribution in [0.2, 0.25) is 0 Å². The monoisotopic (exact) mass is 351 g/mol.